The zero-order valence-corrected chi connectivity index (χ0v) is 8.85. The third-order valence-corrected chi connectivity index (χ3v) is 3.24. The number of aromatic nitrogens is 1. The Morgan fingerprint density at radius 1 is 1.57 bits per heavy atom. The largest absolute Gasteiger partial charge is 0.381 e. The van der Waals surface area contributed by atoms with E-state index in [9.17, 15) is 0 Å². The lowest BCUT2D eigenvalue weighted by atomic mass is 9.91. The quantitative estimate of drug-likeness (QED) is 0.788. The van der Waals surface area contributed by atoms with Crippen LogP contribution in [0.25, 0.3) is 0 Å². The molecule has 0 bridgehead atoms. The second kappa shape index (κ2) is 4.25. The molecule has 2 rings (SSSR count). The van der Waals surface area contributed by atoms with Gasteiger partial charge in [0.05, 0.1) is 0 Å². The second-order valence-corrected chi connectivity index (χ2v) is 4.56. The van der Waals surface area contributed by atoms with Crippen molar-refractivity contribution in [1.29, 1.82) is 0 Å². The molecule has 0 aromatic carbocycles. The summed E-state index contributed by atoms with van der Waals surface area (Å²) in [6.07, 6.45) is 3.64. The lowest BCUT2D eigenvalue weighted by Crippen LogP contribution is -2.50. The van der Waals surface area contributed by atoms with Crippen molar-refractivity contribution in [2.24, 2.45) is 5.73 Å². The minimum atomic E-state index is -0.121. The highest BCUT2D eigenvalue weighted by Crippen LogP contribution is 2.19. The zero-order chi connectivity index (χ0) is 9.86. The third-order valence-electron chi connectivity index (χ3n) is 2.51. The first-order valence-electron chi connectivity index (χ1n) is 4.79. The molecule has 78 valence electrons. The van der Waals surface area contributed by atoms with Crippen LogP contribution in [0.1, 0.15) is 12.8 Å². The summed E-state index contributed by atoms with van der Waals surface area (Å²) in [5, 5.41) is 6.16. The van der Waals surface area contributed by atoms with E-state index in [0.29, 0.717) is 0 Å². The Morgan fingerprint density at radius 2 is 2.36 bits per heavy atom. The van der Waals surface area contributed by atoms with E-state index in [4.69, 9.17) is 10.5 Å². The van der Waals surface area contributed by atoms with E-state index in [1.807, 2.05) is 5.38 Å². The predicted octanol–water partition coefficient (Wildman–Crippen LogP) is 1.06. The minimum absolute atomic E-state index is 0.121. The van der Waals surface area contributed by atoms with Gasteiger partial charge in [-0.05, 0) is 12.8 Å². The van der Waals surface area contributed by atoms with Crippen LogP contribution in [0.5, 0.6) is 0 Å². The highest BCUT2D eigenvalue weighted by molar-refractivity contribution is 7.13. The summed E-state index contributed by atoms with van der Waals surface area (Å²) in [5.74, 6) is 0. The Kier molecular flexibility index (Phi) is 3.00. The van der Waals surface area contributed by atoms with Crippen LogP contribution in [0.2, 0.25) is 0 Å². The van der Waals surface area contributed by atoms with Gasteiger partial charge in [0.1, 0.15) is 0 Å². The van der Waals surface area contributed by atoms with Crippen LogP contribution in [0.3, 0.4) is 0 Å². The fourth-order valence-electron chi connectivity index (χ4n) is 1.52. The van der Waals surface area contributed by atoms with Crippen molar-refractivity contribution < 1.29 is 4.74 Å². The Hall–Kier alpha value is -0.650. The fraction of sp³-hybridized carbons (Fsp3) is 0.667. The molecular weight excluding hydrogens is 198 g/mol. The fourth-order valence-corrected chi connectivity index (χ4v) is 2.04. The average molecular weight is 213 g/mol. The van der Waals surface area contributed by atoms with E-state index in [0.717, 1.165) is 37.7 Å². The first-order valence-corrected chi connectivity index (χ1v) is 5.66. The molecule has 5 heteroatoms. The van der Waals surface area contributed by atoms with Crippen molar-refractivity contribution in [3.05, 3.63) is 11.6 Å². The van der Waals surface area contributed by atoms with E-state index in [2.05, 4.69) is 10.3 Å². The number of nitrogens with two attached hydrogens (primary N) is 1. The summed E-state index contributed by atoms with van der Waals surface area (Å²) >= 11 is 1.60. The molecule has 1 saturated heterocycles. The molecule has 0 saturated carbocycles. The topological polar surface area (TPSA) is 60.2 Å². The van der Waals surface area contributed by atoms with E-state index >= 15 is 0 Å². The number of nitrogens with one attached hydrogen (secondary N) is 1. The molecule has 0 spiro atoms. The Balaban J connectivity index is 1.84. The van der Waals surface area contributed by atoms with Crippen molar-refractivity contribution in [2.75, 3.05) is 25.1 Å². The van der Waals surface area contributed by atoms with Crippen molar-refractivity contribution in [3.8, 4) is 0 Å². The van der Waals surface area contributed by atoms with Crippen molar-refractivity contribution in [1.82, 2.24) is 4.98 Å². The molecule has 0 radical (unpaired) electrons. The van der Waals surface area contributed by atoms with Gasteiger partial charge in [-0.1, -0.05) is 0 Å². The van der Waals surface area contributed by atoms with E-state index in [1.54, 1.807) is 17.5 Å². The van der Waals surface area contributed by atoms with Crippen LogP contribution < -0.4 is 11.1 Å². The van der Waals surface area contributed by atoms with E-state index in [-0.39, 0.29) is 5.54 Å². The molecule has 0 unspecified atom stereocenters. The maximum absolute atomic E-state index is 6.21. The SMILES string of the molecule is NC1(CNc2nccs2)CCOCC1. The maximum atomic E-state index is 6.21. The van der Waals surface area contributed by atoms with Crippen LogP contribution in [0.4, 0.5) is 5.13 Å². The summed E-state index contributed by atoms with van der Waals surface area (Å²) in [4.78, 5) is 4.15. The third kappa shape index (κ3) is 2.43. The first kappa shape index (κ1) is 9.89. The molecule has 0 amide bonds. The standard InChI is InChI=1S/C9H15N3OS/c10-9(1-4-13-5-2-9)7-12-8-11-3-6-14-8/h3,6H,1-2,4-5,7,10H2,(H,11,12). The average Bonchev–Trinajstić information content (AvgIpc) is 2.69. The van der Waals surface area contributed by atoms with Crippen LogP contribution >= 0.6 is 11.3 Å². The van der Waals surface area contributed by atoms with E-state index in [1.165, 1.54) is 0 Å². The van der Waals surface area contributed by atoms with Gasteiger partial charge < -0.3 is 15.8 Å². The van der Waals surface area contributed by atoms with Crippen molar-refractivity contribution in [2.45, 2.75) is 18.4 Å². The normalized spacial score (nSPS) is 20.6. The molecule has 1 aliphatic rings. The highest BCUT2D eigenvalue weighted by atomic mass is 32.1. The number of thiazole rings is 1. The van der Waals surface area contributed by atoms with Gasteiger partial charge in [0.15, 0.2) is 5.13 Å². The number of anilines is 1. The number of ether oxygens (including phenoxy) is 1. The van der Waals surface area contributed by atoms with Crippen LogP contribution in [0.15, 0.2) is 11.6 Å². The van der Waals surface area contributed by atoms with Gasteiger partial charge in [-0.2, -0.15) is 0 Å². The lowest BCUT2D eigenvalue weighted by molar-refractivity contribution is 0.0575. The molecule has 3 N–H and O–H groups in total. The molecule has 0 aliphatic carbocycles. The van der Waals surface area contributed by atoms with Crippen LogP contribution in [0, 0.1) is 0 Å². The van der Waals surface area contributed by atoms with Crippen LogP contribution in [-0.4, -0.2) is 30.3 Å². The maximum Gasteiger partial charge on any atom is 0.182 e. The predicted molar refractivity (Wildman–Crippen MR) is 57.6 cm³/mol. The monoisotopic (exact) mass is 213 g/mol. The molecule has 1 aliphatic heterocycles. The Labute approximate surface area is 87.5 Å². The Morgan fingerprint density at radius 3 is 3.00 bits per heavy atom. The Bertz CT molecular complexity index is 270. The summed E-state index contributed by atoms with van der Waals surface area (Å²) in [5.41, 5.74) is 6.09. The lowest BCUT2D eigenvalue weighted by Gasteiger charge is -2.33. The molecule has 1 fully saturated rings. The molecule has 1 aromatic heterocycles. The van der Waals surface area contributed by atoms with Gasteiger partial charge in [0.25, 0.3) is 0 Å². The van der Waals surface area contributed by atoms with Gasteiger partial charge >= 0.3 is 0 Å². The summed E-state index contributed by atoms with van der Waals surface area (Å²) < 4.78 is 5.28. The van der Waals surface area contributed by atoms with Crippen LogP contribution in [-0.2, 0) is 4.74 Å². The summed E-state index contributed by atoms with van der Waals surface area (Å²) in [6, 6.07) is 0. The number of hydrogen-bond donors (Lipinski definition) is 2. The summed E-state index contributed by atoms with van der Waals surface area (Å²) in [7, 11) is 0. The van der Waals surface area contributed by atoms with Gasteiger partial charge in [-0.15, -0.1) is 11.3 Å². The van der Waals surface area contributed by atoms with Gasteiger partial charge in [-0.25, -0.2) is 4.98 Å². The van der Waals surface area contributed by atoms with Gasteiger partial charge in [-0.3, -0.25) is 0 Å². The first-order chi connectivity index (χ1) is 6.79. The second-order valence-electron chi connectivity index (χ2n) is 3.67. The summed E-state index contributed by atoms with van der Waals surface area (Å²) in [6.45, 7) is 2.33. The van der Waals surface area contributed by atoms with E-state index < -0.39 is 0 Å². The smallest absolute Gasteiger partial charge is 0.182 e. The molecule has 2 heterocycles. The highest BCUT2D eigenvalue weighted by Gasteiger charge is 2.27. The molecule has 1 aromatic rings. The zero-order valence-electron chi connectivity index (χ0n) is 8.03. The van der Waals surface area contributed by atoms with Gasteiger partial charge in [0.2, 0.25) is 0 Å². The molecule has 14 heavy (non-hydrogen) atoms. The number of rotatable bonds is 3. The number of hydrogen-bond acceptors (Lipinski definition) is 5. The van der Waals surface area contributed by atoms with Crippen molar-refractivity contribution in [3.63, 3.8) is 0 Å². The van der Waals surface area contributed by atoms with Gasteiger partial charge in [0, 0.05) is 36.9 Å². The molecular formula is C9H15N3OS. The molecule has 0 atom stereocenters. The number of nitrogens with zero attached hydrogens (tertiary/aromatic N) is 1. The minimum Gasteiger partial charge on any atom is -0.381 e. The van der Waals surface area contributed by atoms with Crippen molar-refractivity contribution >= 4 is 16.5 Å². The molecule has 4 nitrogen and oxygen atoms in total.